The average Bonchev–Trinajstić information content (AvgIpc) is 3.13. The third kappa shape index (κ3) is 6.00. The molecule has 2 aromatic rings. The van der Waals surface area contributed by atoms with Gasteiger partial charge in [0, 0.05) is 12.1 Å². The fourth-order valence-corrected chi connectivity index (χ4v) is 1.20. The van der Waals surface area contributed by atoms with Crippen LogP contribution in [0.4, 0.5) is 0 Å². The number of ether oxygens (including phenoxy) is 1. The molecule has 21 heavy (non-hydrogen) atoms. The van der Waals surface area contributed by atoms with Crippen LogP contribution in [0.15, 0.2) is 33.6 Å². The third-order valence-corrected chi connectivity index (χ3v) is 2.14. The normalized spacial score (nSPS) is 9.43. The van der Waals surface area contributed by atoms with Crippen molar-refractivity contribution >= 4 is 28.6 Å². The molecule has 2 aromatic heterocycles. The lowest BCUT2D eigenvalue weighted by atomic mass is 10.2. The third-order valence-electron chi connectivity index (χ3n) is 1.95. The van der Waals surface area contributed by atoms with Crippen LogP contribution < -0.4 is 0 Å². The first-order valence-corrected chi connectivity index (χ1v) is 6.12. The maximum Gasteiger partial charge on any atom is 0.313 e. The van der Waals surface area contributed by atoms with Crippen LogP contribution in [0, 0.1) is 0 Å². The van der Waals surface area contributed by atoms with E-state index in [-0.39, 0.29) is 24.5 Å². The standard InChI is InChI=1S/C8H9NO4.C4H2ClNO2/c1-2-12-8(11)5-6(10)7-3-4-9-13-7;5-4(7)3-1-2-6-8-3/h3-4H,2,5H2,1H3;1-2H. The second-order valence-corrected chi connectivity index (χ2v) is 3.78. The quantitative estimate of drug-likeness (QED) is 0.355. The molecule has 0 unspecified atom stereocenters. The number of carbonyl (C=O) groups is 3. The Morgan fingerprint density at radius 3 is 2.10 bits per heavy atom. The summed E-state index contributed by atoms with van der Waals surface area (Å²) in [6.45, 7) is 1.94. The van der Waals surface area contributed by atoms with Crippen molar-refractivity contribution in [2.75, 3.05) is 6.61 Å². The molecule has 0 saturated carbocycles. The Hall–Kier alpha value is -2.48. The maximum absolute atomic E-state index is 11.2. The van der Waals surface area contributed by atoms with E-state index in [1.807, 2.05) is 0 Å². The number of rotatable bonds is 5. The Kier molecular flexibility index (Phi) is 6.82. The van der Waals surface area contributed by atoms with Gasteiger partial charge in [-0.25, -0.2) is 0 Å². The topological polar surface area (TPSA) is 112 Å². The van der Waals surface area contributed by atoms with Gasteiger partial charge >= 0.3 is 5.97 Å². The SMILES string of the molecule is CCOC(=O)CC(=O)c1ccno1.O=C(Cl)c1ccno1. The highest BCUT2D eigenvalue weighted by atomic mass is 35.5. The van der Waals surface area contributed by atoms with E-state index in [0.29, 0.717) is 0 Å². The van der Waals surface area contributed by atoms with Gasteiger partial charge in [0.25, 0.3) is 5.24 Å². The number of hydrogen-bond donors (Lipinski definition) is 0. The molecule has 0 bridgehead atoms. The highest BCUT2D eigenvalue weighted by molar-refractivity contribution is 6.67. The summed E-state index contributed by atoms with van der Waals surface area (Å²) in [7, 11) is 0. The molecule has 8 nitrogen and oxygen atoms in total. The van der Waals surface area contributed by atoms with Crippen LogP contribution in [0.3, 0.4) is 0 Å². The Morgan fingerprint density at radius 2 is 1.71 bits per heavy atom. The minimum absolute atomic E-state index is 0.0756. The molecule has 0 aliphatic carbocycles. The Morgan fingerprint density at radius 1 is 1.14 bits per heavy atom. The highest BCUT2D eigenvalue weighted by Crippen LogP contribution is 2.02. The number of aromatic nitrogens is 2. The maximum atomic E-state index is 11.2. The fraction of sp³-hybridized carbons (Fsp3) is 0.250. The lowest BCUT2D eigenvalue weighted by Crippen LogP contribution is -2.10. The summed E-state index contributed by atoms with van der Waals surface area (Å²) in [6, 6.07) is 2.80. The first-order valence-electron chi connectivity index (χ1n) is 5.74. The van der Waals surface area contributed by atoms with Gasteiger partial charge in [-0.2, -0.15) is 0 Å². The highest BCUT2D eigenvalue weighted by Gasteiger charge is 2.15. The van der Waals surface area contributed by atoms with Crippen molar-refractivity contribution in [3.63, 3.8) is 0 Å². The molecule has 0 aliphatic heterocycles. The van der Waals surface area contributed by atoms with Gasteiger partial charge in [0.1, 0.15) is 6.42 Å². The Balaban J connectivity index is 0.000000235. The Labute approximate surface area is 124 Å². The molecule has 0 fully saturated rings. The smallest absolute Gasteiger partial charge is 0.313 e. The van der Waals surface area contributed by atoms with Crippen molar-refractivity contribution in [3.8, 4) is 0 Å². The van der Waals surface area contributed by atoms with E-state index in [2.05, 4.69) is 24.1 Å². The lowest BCUT2D eigenvalue weighted by molar-refractivity contribution is -0.142. The Bertz CT molecular complexity index is 579. The monoisotopic (exact) mass is 314 g/mol. The zero-order chi connectivity index (χ0) is 15.7. The predicted molar refractivity (Wildman–Crippen MR) is 68.8 cm³/mol. The van der Waals surface area contributed by atoms with Crippen LogP contribution in [0.25, 0.3) is 0 Å². The van der Waals surface area contributed by atoms with Crippen LogP contribution in [0.5, 0.6) is 0 Å². The van der Waals surface area contributed by atoms with E-state index in [9.17, 15) is 14.4 Å². The zero-order valence-electron chi connectivity index (χ0n) is 10.9. The summed E-state index contributed by atoms with van der Waals surface area (Å²) < 4.78 is 13.5. The number of Topliss-reactive ketones (excluding diaryl/α,β-unsaturated/α-hetero) is 1. The van der Waals surface area contributed by atoms with Gasteiger partial charge < -0.3 is 13.8 Å². The number of halogens is 1. The zero-order valence-corrected chi connectivity index (χ0v) is 11.7. The molecule has 0 amide bonds. The van der Waals surface area contributed by atoms with Crippen molar-refractivity contribution < 1.29 is 28.2 Å². The fourth-order valence-electron chi connectivity index (χ4n) is 1.11. The first-order chi connectivity index (χ1) is 10.0. The lowest BCUT2D eigenvalue weighted by Gasteiger charge is -1.97. The number of carbonyl (C=O) groups excluding carboxylic acids is 3. The second-order valence-electron chi connectivity index (χ2n) is 3.43. The van der Waals surface area contributed by atoms with Crippen LogP contribution in [0.2, 0.25) is 0 Å². The van der Waals surface area contributed by atoms with Crippen molar-refractivity contribution in [2.45, 2.75) is 13.3 Å². The largest absolute Gasteiger partial charge is 0.466 e. The van der Waals surface area contributed by atoms with E-state index in [1.165, 1.54) is 24.5 Å². The van der Waals surface area contributed by atoms with E-state index in [4.69, 9.17) is 11.6 Å². The van der Waals surface area contributed by atoms with Crippen molar-refractivity contribution in [1.82, 2.24) is 10.3 Å². The van der Waals surface area contributed by atoms with E-state index < -0.39 is 17.0 Å². The number of hydrogen-bond acceptors (Lipinski definition) is 8. The van der Waals surface area contributed by atoms with Gasteiger partial charge in [-0.3, -0.25) is 14.4 Å². The molecule has 2 rings (SSSR count). The summed E-state index contributed by atoms with van der Waals surface area (Å²) in [4.78, 5) is 32.1. The summed E-state index contributed by atoms with van der Waals surface area (Å²) in [6.07, 6.45) is 2.40. The van der Waals surface area contributed by atoms with Crippen LogP contribution in [-0.4, -0.2) is 33.9 Å². The molecular formula is C12H11ClN2O6. The van der Waals surface area contributed by atoms with Crippen molar-refractivity contribution in [2.24, 2.45) is 0 Å². The molecular weight excluding hydrogens is 304 g/mol. The van der Waals surface area contributed by atoms with E-state index in [1.54, 1.807) is 6.92 Å². The average molecular weight is 315 g/mol. The van der Waals surface area contributed by atoms with Crippen LogP contribution >= 0.6 is 11.6 Å². The molecule has 0 aliphatic rings. The number of esters is 1. The van der Waals surface area contributed by atoms with Gasteiger partial charge in [0.15, 0.2) is 0 Å². The number of ketones is 1. The molecule has 0 aromatic carbocycles. The predicted octanol–water partition coefficient (Wildman–Crippen LogP) is 1.86. The minimum atomic E-state index is -0.623. The van der Waals surface area contributed by atoms with Crippen molar-refractivity contribution in [3.05, 3.63) is 36.0 Å². The summed E-state index contributed by atoms with van der Waals surface area (Å²) >= 11 is 4.97. The van der Waals surface area contributed by atoms with Gasteiger partial charge in [-0.05, 0) is 18.5 Å². The molecule has 0 N–H and O–H groups in total. The van der Waals surface area contributed by atoms with Gasteiger partial charge in [-0.1, -0.05) is 10.3 Å². The minimum Gasteiger partial charge on any atom is -0.466 e. The van der Waals surface area contributed by atoms with Crippen molar-refractivity contribution in [1.29, 1.82) is 0 Å². The summed E-state index contributed by atoms with van der Waals surface area (Å²) in [5.74, 6) is -0.820. The van der Waals surface area contributed by atoms with Gasteiger partial charge in [0.2, 0.25) is 17.3 Å². The molecule has 9 heteroatoms. The van der Waals surface area contributed by atoms with Crippen LogP contribution in [-0.2, 0) is 9.53 Å². The molecule has 112 valence electrons. The molecule has 0 spiro atoms. The summed E-state index contributed by atoms with van der Waals surface area (Å²) in [5.41, 5.74) is 0. The van der Waals surface area contributed by atoms with Crippen LogP contribution in [0.1, 0.15) is 34.5 Å². The molecule has 0 atom stereocenters. The summed E-state index contributed by atoms with van der Waals surface area (Å²) in [5, 5.41) is 5.99. The number of nitrogens with zero attached hydrogens (tertiary/aromatic N) is 2. The second kappa shape index (κ2) is 8.64. The first kappa shape index (κ1) is 16.6. The molecule has 0 radical (unpaired) electrons. The van der Waals surface area contributed by atoms with E-state index in [0.717, 1.165) is 0 Å². The molecule has 0 saturated heterocycles. The van der Waals surface area contributed by atoms with Gasteiger partial charge in [0.05, 0.1) is 19.0 Å². The van der Waals surface area contributed by atoms with Gasteiger partial charge in [-0.15, -0.1) is 0 Å². The molecule has 2 heterocycles. The van der Waals surface area contributed by atoms with E-state index >= 15 is 0 Å².